The van der Waals surface area contributed by atoms with Gasteiger partial charge in [-0.3, -0.25) is 0 Å². The molecule has 26 heavy (non-hydrogen) atoms. The van der Waals surface area contributed by atoms with E-state index in [0.29, 0.717) is 6.61 Å². The summed E-state index contributed by atoms with van der Waals surface area (Å²) in [6, 6.07) is 2.94. The Morgan fingerprint density at radius 3 is 2.15 bits per heavy atom. The van der Waals surface area contributed by atoms with Gasteiger partial charge in [-0.05, 0) is 18.6 Å². The first kappa shape index (κ1) is 22.8. The van der Waals surface area contributed by atoms with Gasteiger partial charge in [-0.25, -0.2) is 9.59 Å². The van der Waals surface area contributed by atoms with Gasteiger partial charge in [-0.15, -0.1) is 0 Å². The van der Waals surface area contributed by atoms with Crippen molar-refractivity contribution < 1.29 is 19.1 Å². The molecule has 1 rings (SSSR count). The second-order valence-corrected chi connectivity index (χ2v) is 6.91. The van der Waals surface area contributed by atoms with Crippen molar-refractivity contribution in [3.63, 3.8) is 0 Å². The molecule has 144 valence electrons. The largest absolute Gasteiger partial charge is 0.463 e. The molecular weight excluding hydrogens is 399 g/mol. The summed E-state index contributed by atoms with van der Waals surface area (Å²) in [5.74, 6) is -1.45. The van der Waals surface area contributed by atoms with E-state index in [0.717, 1.165) is 31.4 Å². The second kappa shape index (κ2) is 13.0. The molecular formula is C19H23Cl3O4. The van der Waals surface area contributed by atoms with Crippen LogP contribution in [0.4, 0.5) is 0 Å². The summed E-state index contributed by atoms with van der Waals surface area (Å²) in [7, 11) is 0. The van der Waals surface area contributed by atoms with Crippen LogP contribution in [-0.4, -0.2) is 18.5 Å². The lowest BCUT2D eigenvalue weighted by molar-refractivity contribution is -0.138. The lowest BCUT2D eigenvalue weighted by Gasteiger charge is -2.07. The van der Waals surface area contributed by atoms with Crippen LogP contribution in [0.1, 0.15) is 51.9 Å². The number of rotatable bonds is 11. The number of ether oxygens (including phenoxy) is 2. The minimum atomic E-state index is -0.802. The second-order valence-electron chi connectivity index (χ2n) is 5.72. The van der Waals surface area contributed by atoms with Gasteiger partial charge in [-0.2, -0.15) is 0 Å². The lowest BCUT2D eigenvalue weighted by atomic mass is 10.1. The van der Waals surface area contributed by atoms with Crippen LogP contribution in [0.15, 0.2) is 24.3 Å². The number of halogens is 3. The van der Waals surface area contributed by atoms with Crippen LogP contribution in [0.2, 0.25) is 15.1 Å². The van der Waals surface area contributed by atoms with Crippen LogP contribution in [-0.2, 0) is 14.3 Å². The lowest BCUT2D eigenvalue weighted by Crippen LogP contribution is -2.08. The van der Waals surface area contributed by atoms with Gasteiger partial charge in [0, 0.05) is 12.2 Å². The summed E-state index contributed by atoms with van der Waals surface area (Å²) < 4.78 is 10.0. The Morgan fingerprint density at radius 1 is 0.885 bits per heavy atom. The molecule has 0 aliphatic heterocycles. The topological polar surface area (TPSA) is 52.6 Å². The Labute approximate surface area is 169 Å². The van der Waals surface area contributed by atoms with Gasteiger partial charge in [0.25, 0.3) is 0 Å². The van der Waals surface area contributed by atoms with Gasteiger partial charge in [0.15, 0.2) is 5.75 Å². The fourth-order valence-electron chi connectivity index (χ4n) is 2.15. The molecule has 0 bridgehead atoms. The molecule has 0 spiro atoms. The molecule has 0 aliphatic carbocycles. The highest BCUT2D eigenvalue weighted by Crippen LogP contribution is 2.38. The van der Waals surface area contributed by atoms with Crippen LogP contribution >= 0.6 is 34.8 Å². The summed E-state index contributed by atoms with van der Waals surface area (Å²) in [5.41, 5.74) is 0. The molecule has 1 aromatic carbocycles. The third-order valence-corrected chi connectivity index (χ3v) is 4.64. The normalized spacial score (nSPS) is 10.9. The molecule has 0 aromatic heterocycles. The Kier molecular flexibility index (Phi) is 11.4. The van der Waals surface area contributed by atoms with E-state index in [2.05, 4.69) is 6.92 Å². The number of unbranched alkanes of at least 4 members (excludes halogenated alkanes) is 6. The predicted molar refractivity (Wildman–Crippen MR) is 105 cm³/mol. The zero-order chi connectivity index (χ0) is 19.4. The maximum absolute atomic E-state index is 11.8. The zero-order valence-electron chi connectivity index (χ0n) is 14.7. The van der Waals surface area contributed by atoms with Crippen molar-refractivity contribution in [3.8, 4) is 5.75 Å². The van der Waals surface area contributed by atoms with Crippen molar-refractivity contribution in [1.29, 1.82) is 0 Å². The molecule has 0 unspecified atom stereocenters. The highest BCUT2D eigenvalue weighted by atomic mass is 35.5. The molecule has 4 nitrogen and oxygen atoms in total. The van der Waals surface area contributed by atoms with Gasteiger partial charge >= 0.3 is 11.9 Å². The van der Waals surface area contributed by atoms with Crippen molar-refractivity contribution in [2.45, 2.75) is 51.9 Å². The first-order valence-corrected chi connectivity index (χ1v) is 9.79. The summed E-state index contributed by atoms with van der Waals surface area (Å²) in [5, 5.41) is 0.377. The Bertz CT molecular complexity index is 629. The summed E-state index contributed by atoms with van der Waals surface area (Å²) in [6.45, 7) is 2.51. The number of carbonyl (C=O) groups excluding carboxylic acids is 2. The minimum absolute atomic E-state index is 0.0300. The summed E-state index contributed by atoms with van der Waals surface area (Å²) >= 11 is 17.7. The van der Waals surface area contributed by atoms with E-state index in [-0.39, 0.29) is 20.8 Å². The van der Waals surface area contributed by atoms with Gasteiger partial charge in [0.2, 0.25) is 0 Å². The molecule has 0 N–H and O–H groups in total. The molecule has 0 fully saturated rings. The van der Waals surface area contributed by atoms with Gasteiger partial charge < -0.3 is 9.47 Å². The predicted octanol–water partition coefficient (Wildman–Crippen LogP) is 6.40. The highest BCUT2D eigenvalue weighted by molar-refractivity contribution is 6.44. The third kappa shape index (κ3) is 8.93. The Balaban J connectivity index is 2.29. The Hall–Kier alpha value is -1.23. The molecule has 0 amide bonds. The highest BCUT2D eigenvalue weighted by Gasteiger charge is 2.14. The fourth-order valence-corrected chi connectivity index (χ4v) is 2.75. The standard InChI is InChI=1S/C19H23Cl3O4/c1-2-3-4-5-6-7-8-13-25-16(23)11-12-17(24)26-19-15(21)10-9-14(20)18(19)22/h9-12H,2-8,13H2,1H3/b12-11+. The van der Waals surface area contributed by atoms with Crippen LogP contribution in [0, 0.1) is 0 Å². The SMILES string of the molecule is CCCCCCCCCOC(=O)/C=C/C(=O)Oc1c(Cl)ccc(Cl)c1Cl. The first-order valence-electron chi connectivity index (χ1n) is 8.65. The van der Waals surface area contributed by atoms with E-state index < -0.39 is 11.9 Å². The smallest absolute Gasteiger partial charge is 0.336 e. The maximum atomic E-state index is 11.8. The van der Waals surface area contributed by atoms with E-state index in [9.17, 15) is 9.59 Å². The zero-order valence-corrected chi connectivity index (χ0v) is 17.0. The summed E-state index contributed by atoms with van der Waals surface area (Å²) in [6.07, 6.45) is 9.89. The van der Waals surface area contributed by atoms with Crippen molar-refractivity contribution in [2.24, 2.45) is 0 Å². The average Bonchev–Trinajstić information content (AvgIpc) is 2.62. The van der Waals surface area contributed by atoms with Gasteiger partial charge in [-0.1, -0.05) is 80.3 Å². The first-order chi connectivity index (χ1) is 12.5. The molecule has 0 heterocycles. The van der Waals surface area contributed by atoms with Crippen molar-refractivity contribution >= 4 is 46.7 Å². The number of hydrogen-bond donors (Lipinski definition) is 0. The van der Waals surface area contributed by atoms with Crippen LogP contribution in [0.25, 0.3) is 0 Å². The monoisotopic (exact) mass is 420 g/mol. The molecule has 0 saturated heterocycles. The van der Waals surface area contributed by atoms with Crippen molar-refractivity contribution in [1.82, 2.24) is 0 Å². The molecule has 7 heteroatoms. The van der Waals surface area contributed by atoms with Crippen LogP contribution < -0.4 is 4.74 Å². The average molecular weight is 422 g/mol. The van der Waals surface area contributed by atoms with E-state index in [1.807, 2.05) is 0 Å². The van der Waals surface area contributed by atoms with Crippen molar-refractivity contribution in [3.05, 3.63) is 39.4 Å². The van der Waals surface area contributed by atoms with Crippen LogP contribution in [0.5, 0.6) is 5.75 Å². The molecule has 0 atom stereocenters. The van der Waals surface area contributed by atoms with Crippen LogP contribution in [0.3, 0.4) is 0 Å². The molecule has 0 aliphatic rings. The number of carbonyl (C=O) groups is 2. The molecule has 1 aromatic rings. The quantitative estimate of drug-likeness (QED) is 0.136. The third-order valence-electron chi connectivity index (χ3n) is 3.55. The van der Waals surface area contributed by atoms with Gasteiger partial charge in [0.05, 0.1) is 16.7 Å². The number of esters is 2. The minimum Gasteiger partial charge on any atom is -0.463 e. The number of hydrogen-bond acceptors (Lipinski definition) is 4. The number of benzene rings is 1. The van der Waals surface area contributed by atoms with E-state index in [1.54, 1.807) is 0 Å². The van der Waals surface area contributed by atoms with E-state index in [1.165, 1.54) is 37.8 Å². The Morgan fingerprint density at radius 2 is 1.46 bits per heavy atom. The van der Waals surface area contributed by atoms with Crippen molar-refractivity contribution in [2.75, 3.05) is 6.61 Å². The molecule has 0 radical (unpaired) electrons. The maximum Gasteiger partial charge on any atom is 0.336 e. The van der Waals surface area contributed by atoms with E-state index in [4.69, 9.17) is 44.3 Å². The fraction of sp³-hybridized carbons (Fsp3) is 0.474. The van der Waals surface area contributed by atoms with E-state index >= 15 is 0 Å². The van der Waals surface area contributed by atoms with Gasteiger partial charge in [0.1, 0.15) is 5.02 Å². The summed E-state index contributed by atoms with van der Waals surface area (Å²) in [4.78, 5) is 23.3. The molecule has 0 saturated carbocycles.